The van der Waals surface area contributed by atoms with Gasteiger partial charge in [-0.1, -0.05) is 17.7 Å². The van der Waals surface area contributed by atoms with E-state index in [9.17, 15) is 4.79 Å². The van der Waals surface area contributed by atoms with E-state index in [1.54, 1.807) is 12.1 Å². The van der Waals surface area contributed by atoms with E-state index < -0.39 is 0 Å². The zero-order valence-electron chi connectivity index (χ0n) is 7.82. The van der Waals surface area contributed by atoms with Gasteiger partial charge in [0, 0.05) is 0 Å². The molecule has 0 heterocycles. The first-order valence-electron chi connectivity index (χ1n) is 3.47. The zero-order chi connectivity index (χ0) is 8.10. The summed E-state index contributed by atoms with van der Waals surface area (Å²) in [4.78, 5) is 10.7. The number of hydrogen-bond donors (Lipinski definition) is 0. The molecule has 1 aromatic carbocycles. The maximum atomic E-state index is 10.7. The predicted octanol–water partition coefficient (Wildman–Crippen LogP) is -1.29. The fraction of sp³-hybridized carbons (Fsp3) is 0.100. The van der Waals surface area contributed by atoms with Crippen molar-refractivity contribution in [1.29, 1.82) is 0 Å². The van der Waals surface area contributed by atoms with Crippen molar-refractivity contribution in [1.82, 2.24) is 0 Å². The molecule has 0 unspecified atom stereocenters. The van der Waals surface area contributed by atoms with Gasteiger partial charge in [-0.15, -0.1) is 18.2 Å². The van der Waals surface area contributed by atoms with Crippen LogP contribution in [0.25, 0.3) is 6.08 Å². The van der Waals surface area contributed by atoms with Crippen LogP contribution in [0.1, 0.15) is 12.5 Å². The second-order valence-electron chi connectivity index (χ2n) is 2.18. The van der Waals surface area contributed by atoms with Gasteiger partial charge in [-0.3, -0.25) is 0 Å². The standard InChI is InChI=1S/C10H9O.H2O.Rb/c1-2-4-9-5-3-6-10(11)8-7-9;;/h2-5,7-8H,1H3;1H2;/q-1;;+1/p-1/b4-2+;;. The topological polar surface area (TPSA) is 47.1 Å². The third-order valence-electron chi connectivity index (χ3n) is 1.29. The van der Waals surface area contributed by atoms with Crippen LogP contribution < -0.4 is 63.6 Å². The summed E-state index contributed by atoms with van der Waals surface area (Å²) in [5.74, 6) is 0. The first-order valence-corrected chi connectivity index (χ1v) is 3.47. The Labute approximate surface area is 127 Å². The average molecular weight is 248 g/mol. The quantitative estimate of drug-likeness (QED) is 0.580. The van der Waals surface area contributed by atoms with Gasteiger partial charge in [-0.05, 0) is 6.92 Å². The van der Waals surface area contributed by atoms with E-state index in [-0.39, 0.29) is 69.1 Å². The molecule has 1 N–H and O–H groups in total. The van der Waals surface area contributed by atoms with Crippen LogP contribution in [0.15, 0.2) is 35.1 Å². The molecule has 0 atom stereocenters. The molecule has 0 aliphatic carbocycles. The molecule has 1 aromatic rings. The summed E-state index contributed by atoms with van der Waals surface area (Å²) < 4.78 is 0. The molecule has 0 amide bonds. The average Bonchev–Trinajstić information content (AvgIpc) is 2.17. The molecule has 2 nitrogen and oxygen atoms in total. The van der Waals surface area contributed by atoms with Crippen molar-refractivity contribution >= 4 is 6.08 Å². The van der Waals surface area contributed by atoms with Gasteiger partial charge in [0.2, 0.25) is 0 Å². The maximum Gasteiger partial charge on any atom is 1.00 e. The molecular weight excluding hydrogens is 238 g/mol. The van der Waals surface area contributed by atoms with Crippen molar-refractivity contribution in [2.75, 3.05) is 0 Å². The Balaban J connectivity index is 0. The van der Waals surface area contributed by atoms with Crippen LogP contribution in [0.2, 0.25) is 0 Å². The molecule has 0 aromatic heterocycles. The molecule has 0 spiro atoms. The van der Waals surface area contributed by atoms with Gasteiger partial charge in [-0.25, -0.2) is 0 Å². The van der Waals surface area contributed by atoms with Gasteiger partial charge in [0.25, 0.3) is 0 Å². The van der Waals surface area contributed by atoms with Gasteiger partial charge in [0.1, 0.15) is 0 Å². The summed E-state index contributed by atoms with van der Waals surface area (Å²) in [5, 5.41) is 0. The normalized spacial score (nSPS) is 8.69. The maximum absolute atomic E-state index is 10.7. The molecule has 1 rings (SSSR count). The molecule has 13 heavy (non-hydrogen) atoms. The minimum Gasteiger partial charge on any atom is -0.870 e. The van der Waals surface area contributed by atoms with E-state index in [0.717, 1.165) is 5.56 Å². The largest absolute Gasteiger partial charge is 1.00 e. The van der Waals surface area contributed by atoms with Crippen LogP contribution in [-0.2, 0) is 0 Å². The third-order valence-corrected chi connectivity index (χ3v) is 1.29. The van der Waals surface area contributed by atoms with Gasteiger partial charge in [-0.2, -0.15) is 12.1 Å². The monoisotopic (exact) mass is 247 g/mol. The first kappa shape index (κ1) is 15.8. The summed E-state index contributed by atoms with van der Waals surface area (Å²) >= 11 is 0. The van der Waals surface area contributed by atoms with Gasteiger partial charge in [0.05, 0.1) is 5.43 Å². The fourth-order valence-electron chi connectivity index (χ4n) is 0.799. The van der Waals surface area contributed by atoms with Gasteiger partial charge in [0.15, 0.2) is 0 Å². The summed E-state index contributed by atoms with van der Waals surface area (Å²) in [7, 11) is 0. The van der Waals surface area contributed by atoms with Gasteiger partial charge >= 0.3 is 58.2 Å². The van der Waals surface area contributed by atoms with Crippen LogP contribution >= 0.6 is 0 Å². The Morgan fingerprint density at radius 3 is 2.62 bits per heavy atom. The second kappa shape index (κ2) is 8.97. The van der Waals surface area contributed by atoms with Crippen molar-refractivity contribution in [3.05, 3.63) is 52.2 Å². The van der Waals surface area contributed by atoms with Crippen LogP contribution in [0.3, 0.4) is 0 Å². The predicted molar refractivity (Wildman–Crippen MR) is 48.2 cm³/mol. The Morgan fingerprint density at radius 1 is 1.31 bits per heavy atom. The van der Waals surface area contributed by atoms with E-state index >= 15 is 0 Å². The van der Waals surface area contributed by atoms with E-state index in [0.29, 0.717) is 0 Å². The minimum absolute atomic E-state index is 0. The van der Waals surface area contributed by atoms with Crippen LogP contribution in [0.5, 0.6) is 0 Å². The number of hydrogen-bond acceptors (Lipinski definition) is 2. The fourth-order valence-corrected chi connectivity index (χ4v) is 0.799. The molecule has 0 aliphatic rings. The van der Waals surface area contributed by atoms with Crippen LogP contribution in [0.4, 0.5) is 0 Å². The molecule has 64 valence electrons. The number of rotatable bonds is 1. The molecule has 0 fully saturated rings. The van der Waals surface area contributed by atoms with Crippen LogP contribution in [0, 0.1) is 6.07 Å². The van der Waals surface area contributed by atoms with E-state index in [1.807, 2.05) is 25.1 Å². The Bertz CT molecular complexity index is 321. The molecule has 0 aliphatic heterocycles. The Kier molecular flexibility index (Phi) is 10.9. The van der Waals surface area contributed by atoms with Gasteiger partial charge < -0.3 is 10.3 Å². The third kappa shape index (κ3) is 6.46. The molecular formula is C10H10O2Rb-. The Hall–Kier alpha value is 0.395. The van der Waals surface area contributed by atoms with E-state index in [1.165, 1.54) is 6.07 Å². The second-order valence-corrected chi connectivity index (χ2v) is 2.18. The van der Waals surface area contributed by atoms with Crippen molar-refractivity contribution in [3.8, 4) is 0 Å². The molecule has 0 radical (unpaired) electrons. The zero-order valence-corrected chi connectivity index (χ0v) is 12.7. The summed E-state index contributed by atoms with van der Waals surface area (Å²) in [6.07, 6.45) is 3.87. The first-order chi connectivity index (χ1) is 5.33. The van der Waals surface area contributed by atoms with E-state index in [2.05, 4.69) is 6.07 Å². The molecule has 0 saturated heterocycles. The van der Waals surface area contributed by atoms with E-state index in [4.69, 9.17) is 0 Å². The number of allylic oxidation sites excluding steroid dienone is 1. The van der Waals surface area contributed by atoms with Crippen molar-refractivity contribution in [2.45, 2.75) is 6.92 Å². The Morgan fingerprint density at radius 2 is 2.00 bits per heavy atom. The summed E-state index contributed by atoms with van der Waals surface area (Å²) in [6.45, 7) is 1.94. The summed E-state index contributed by atoms with van der Waals surface area (Å²) in [5.41, 5.74) is 0.937. The van der Waals surface area contributed by atoms with Crippen molar-refractivity contribution < 1.29 is 63.7 Å². The SMILES string of the molecule is C/C=C/c1cc[c-]c(=O)cc1.[OH-].[Rb+]. The molecule has 0 saturated carbocycles. The molecule has 0 bridgehead atoms. The van der Waals surface area contributed by atoms with Crippen LogP contribution in [-0.4, -0.2) is 5.48 Å². The summed E-state index contributed by atoms with van der Waals surface area (Å²) in [6, 6.07) is 9.34. The van der Waals surface area contributed by atoms with Crippen molar-refractivity contribution in [2.24, 2.45) is 0 Å². The molecule has 3 heteroatoms. The smallest absolute Gasteiger partial charge is 0.870 e. The van der Waals surface area contributed by atoms with Crippen molar-refractivity contribution in [3.63, 3.8) is 0 Å². The minimum atomic E-state index is -0.0826.